The number of fused-ring (bicyclic) bond motifs is 1. The molecule has 6 heteroatoms. The molecule has 3 aromatic carbocycles. The molecule has 0 radical (unpaired) electrons. The van der Waals surface area contributed by atoms with Crippen LogP contribution in [0.5, 0.6) is 0 Å². The van der Waals surface area contributed by atoms with E-state index in [-0.39, 0.29) is 18.3 Å². The first-order valence-corrected chi connectivity index (χ1v) is 14.4. The quantitative estimate of drug-likeness (QED) is 0.270. The average Bonchev–Trinajstić information content (AvgIpc) is 2.97. The van der Waals surface area contributed by atoms with Gasteiger partial charge < -0.3 is 9.64 Å². The molecule has 0 spiro atoms. The summed E-state index contributed by atoms with van der Waals surface area (Å²) in [6, 6.07) is 25.6. The lowest BCUT2D eigenvalue weighted by atomic mass is 9.66. The molecule has 1 aliphatic carbocycles. The van der Waals surface area contributed by atoms with Gasteiger partial charge in [-0.3, -0.25) is 9.79 Å². The van der Waals surface area contributed by atoms with Gasteiger partial charge in [-0.1, -0.05) is 66.2 Å². The van der Waals surface area contributed by atoms with Gasteiger partial charge in [-0.25, -0.2) is 4.79 Å². The van der Waals surface area contributed by atoms with Gasteiger partial charge in [0.05, 0.1) is 11.5 Å². The topological polar surface area (TPSA) is 59.0 Å². The Morgan fingerprint density at radius 2 is 1.55 bits per heavy atom. The molecule has 0 aromatic heterocycles. The Morgan fingerprint density at radius 1 is 0.900 bits per heavy atom. The molecule has 3 aromatic rings. The Kier molecular flexibility index (Phi) is 8.51. The van der Waals surface area contributed by atoms with Crippen molar-refractivity contribution in [3.05, 3.63) is 112 Å². The van der Waals surface area contributed by atoms with Crippen LogP contribution in [-0.4, -0.2) is 30.6 Å². The highest BCUT2D eigenvalue weighted by atomic mass is 35.5. The summed E-state index contributed by atoms with van der Waals surface area (Å²) in [7, 11) is 0. The number of allylic oxidation sites excluding steroid dienone is 1. The Bertz CT molecular complexity index is 1420. The van der Waals surface area contributed by atoms with Crippen molar-refractivity contribution in [2.45, 2.75) is 52.1 Å². The first kappa shape index (κ1) is 27.9. The number of anilines is 1. The van der Waals surface area contributed by atoms with Crippen LogP contribution in [0.25, 0.3) is 0 Å². The van der Waals surface area contributed by atoms with Crippen molar-refractivity contribution >= 4 is 34.8 Å². The molecular weight excluding hydrogens is 520 g/mol. The van der Waals surface area contributed by atoms with Crippen molar-refractivity contribution in [2.75, 3.05) is 18.0 Å². The summed E-state index contributed by atoms with van der Waals surface area (Å²) in [5, 5.41) is 0.671. The minimum Gasteiger partial charge on any atom is -0.457 e. The van der Waals surface area contributed by atoms with E-state index in [1.165, 1.54) is 0 Å². The van der Waals surface area contributed by atoms with Crippen LogP contribution in [0, 0.1) is 5.92 Å². The molecule has 1 heterocycles. The maximum Gasteiger partial charge on any atom is 0.336 e. The van der Waals surface area contributed by atoms with Gasteiger partial charge >= 0.3 is 5.97 Å². The van der Waals surface area contributed by atoms with Gasteiger partial charge in [0.1, 0.15) is 12.4 Å². The molecular formula is C34H35ClN2O3. The predicted molar refractivity (Wildman–Crippen MR) is 161 cm³/mol. The summed E-state index contributed by atoms with van der Waals surface area (Å²) < 4.78 is 5.80. The largest absolute Gasteiger partial charge is 0.457 e. The second kappa shape index (κ2) is 12.2. The number of ether oxygens (including phenoxy) is 1. The van der Waals surface area contributed by atoms with Gasteiger partial charge in [-0.2, -0.15) is 0 Å². The molecule has 3 atom stereocenters. The lowest BCUT2D eigenvalue weighted by Crippen LogP contribution is -2.41. The zero-order chi connectivity index (χ0) is 28.2. The molecule has 0 bridgehead atoms. The van der Waals surface area contributed by atoms with E-state index in [1.54, 1.807) is 0 Å². The molecule has 40 heavy (non-hydrogen) atoms. The third-order valence-corrected chi connectivity index (χ3v) is 8.36. The Balaban J connectivity index is 1.51. The first-order valence-electron chi connectivity index (χ1n) is 14.0. The number of ketones is 1. The van der Waals surface area contributed by atoms with E-state index in [9.17, 15) is 9.59 Å². The van der Waals surface area contributed by atoms with E-state index in [0.29, 0.717) is 29.1 Å². The molecule has 5 nitrogen and oxygen atoms in total. The number of rotatable bonds is 8. The van der Waals surface area contributed by atoms with Gasteiger partial charge in [-0.15, -0.1) is 0 Å². The average molecular weight is 555 g/mol. The molecule has 1 aliphatic heterocycles. The monoisotopic (exact) mass is 554 g/mol. The Morgan fingerprint density at radius 3 is 2.20 bits per heavy atom. The van der Waals surface area contributed by atoms with E-state index in [4.69, 9.17) is 21.3 Å². The van der Waals surface area contributed by atoms with Crippen LogP contribution in [0.15, 0.2) is 95.1 Å². The van der Waals surface area contributed by atoms with E-state index < -0.39 is 17.8 Å². The van der Waals surface area contributed by atoms with Crippen molar-refractivity contribution in [1.82, 2.24) is 0 Å². The number of carbonyl (C=O) groups excluding carboxylic acids is 2. The van der Waals surface area contributed by atoms with Crippen LogP contribution >= 0.6 is 11.6 Å². The van der Waals surface area contributed by atoms with E-state index >= 15 is 0 Å². The maximum atomic E-state index is 13.9. The maximum absolute atomic E-state index is 13.9. The van der Waals surface area contributed by atoms with Crippen LogP contribution in [-0.2, 0) is 20.9 Å². The zero-order valence-corrected chi connectivity index (χ0v) is 24.0. The van der Waals surface area contributed by atoms with Gasteiger partial charge in [0.15, 0.2) is 0 Å². The third-order valence-electron chi connectivity index (χ3n) is 8.11. The van der Waals surface area contributed by atoms with Gasteiger partial charge in [0, 0.05) is 47.5 Å². The zero-order valence-electron chi connectivity index (χ0n) is 23.3. The predicted octanol–water partition coefficient (Wildman–Crippen LogP) is 7.50. The Labute approximate surface area is 241 Å². The van der Waals surface area contributed by atoms with Crippen LogP contribution < -0.4 is 4.90 Å². The van der Waals surface area contributed by atoms with Crippen molar-refractivity contribution in [2.24, 2.45) is 10.9 Å². The summed E-state index contributed by atoms with van der Waals surface area (Å²) in [5.41, 5.74) is 5.96. The van der Waals surface area contributed by atoms with E-state index in [0.717, 1.165) is 41.2 Å². The summed E-state index contributed by atoms with van der Waals surface area (Å²) >= 11 is 6.11. The summed E-state index contributed by atoms with van der Waals surface area (Å²) in [5.74, 6) is -1.23. The molecule has 206 valence electrons. The number of nitrogens with zero attached hydrogens (tertiary/aromatic N) is 2. The van der Waals surface area contributed by atoms with Gasteiger partial charge in [0.25, 0.3) is 0 Å². The molecule has 0 amide bonds. The van der Waals surface area contributed by atoms with E-state index in [1.807, 2.05) is 61.5 Å². The number of esters is 1. The van der Waals surface area contributed by atoms with E-state index in [2.05, 4.69) is 43.0 Å². The minimum absolute atomic E-state index is 0.0323. The highest BCUT2D eigenvalue weighted by Gasteiger charge is 2.46. The van der Waals surface area contributed by atoms with Crippen molar-refractivity contribution in [1.29, 1.82) is 0 Å². The fourth-order valence-electron chi connectivity index (χ4n) is 6.05. The van der Waals surface area contributed by atoms with Crippen LogP contribution in [0.1, 0.15) is 62.1 Å². The fraction of sp³-hybridized carbons (Fsp3) is 0.324. The summed E-state index contributed by atoms with van der Waals surface area (Å²) in [6.07, 6.45) is 1.06. The second-order valence-corrected chi connectivity index (χ2v) is 10.9. The normalized spacial score (nSPS) is 20.6. The third kappa shape index (κ3) is 5.75. The van der Waals surface area contributed by atoms with Gasteiger partial charge in [-0.05, 0) is 74.1 Å². The first-order chi connectivity index (χ1) is 19.4. The number of carbonyl (C=O) groups is 2. The number of halogens is 1. The number of hydrogen-bond acceptors (Lipinski definition) is 5. The summed E-state index contributed by atoms with van der Waals surface area (Å²) in [6.45, 7) is 8.09. The van der Waals surface area contributed by atoms with Crippen molar-refractivity contribution in [3.8, 4) is 0 Å². The number of Topliss-reactive ketones (excluding diaryl/α,β-unsaturated/α-hetero) is 1. The standard InChI is InChI=1S/C34H35ClN2O3/c1-4-37(5-2)28-17-13-25(14-18-28)32-31(34(39)40-21-23-9-7-6-8-10-23)22(3)36-29-19-26(20-30(38)33(29)32)24-11-15-27(35)16-12-24/h6-18,26,32-33H,4-5,19-21H2,1-3H3/t26-,32-,33?/m0/s1. The lowest BCUT2D eigenvalue weighted by Gasteiger charge is -2.38. The number of aliphatic imine (C=N–C) groups is 1. The van der Waals surface area contributed by atoms with Crippen LogP contribution in [0.3, 0.4) is 0 Å². The van der Waals surface area contributed by atoms with Crippen molar-refractivity contribution in [3.63, 3.8) is 0 Å². The molecule has 1 unspecified atom stereocenters. The summed E-state index contributed by atoms with van der Waals surface area (Å²) in [4.78, 5) is 34.7. The highest BCUT2D eigenvalue weighted by Crippen LogP contribution is 2.46. The molecule has 0 saturated heterocycles. The van der Waals surface area contributed by atoms with Gasteiger partial charge in [0.2, 0.25) is 0 Å². The Hall–Kier alpha value is -3.70. The minimum atomic E-state index is -0.495. The molecule has 5 rings (SSSR count). The fourth-order valence-corrected chi connectivity index (χ4v) is 6.18. The van der Waals surface area contributed by atoms with Crippen LogP contribution in [0.4, 0.5) is 5.69 Å². The second-order valence-electron chi connectivity index (χ2n) is 10.5. The number of benzene rings is 3. The highest BCUT2D eigenvalue weighted by molar-refractivity contribution is 6.30. The SMILES string of the molecule is CCN(CC)c1ccc([C@H]2C(C(=O)OCc3ccccc3)=C(C)N=C3C[C@H](c4ccc(Cl)cc4)CC(=O)C32)cc1. The van der Waals surface area contributed by atoms with Crippen LogP contribution in [0.2, 0.25) is 5.02 Å². The lowest BCUT2D eigenvalue weighted by molar-refractivity contribution is -0.140. The smallest absolute Gasteiger partial charge is 0.336 e. The molecule has 2 aliphatic rings. The molecule has 1 fully saturated rings. The molecule has 1 saturated carbocycles. The number of hydrogen-bond donors (Lipinski definition) is 0. The molecule has 0 N–H and O–H groups in total. The van der Waals surface area contributed by atoms with Crippen molar-refractivity contribution < 1.29 is 14.3 Å².